The van der Waals surface area contributed by atoms with Gasteiger partial charge < -0.3 is 0 Å². The number of halogens is 1. The number of aryl methyl sites for hydroxylation is 1. The SMILES string of the molecule is Cc1cc([C@H](C[S@@](=O)C(C)(C)C)C(C)C)ccc1Cl. The first-order valence-corrected chi connectivity index (χ1v) is 8.47. The van der Waals surface area contributed by atoms with Gasteiger partial charge in [-0.2, -0.15) is 0 Å². The summed E-state index contributed by atoms with van der Waals surface area (Å²) in [5.41, 5.74) is 2.33. The molecule has 1 aromatic carbocycles. The Morgan fingerprint density at radius 1 is 1.26 bits per heavy atom. The van der Waals surface area contributed by atoms with E-state index >= 15 is 0 Å². The van der Waals surface area contributed by atoms with Crippen LogP contribution in [0.2, 0.25) is 5.02 Å². The van der Waals surface area contributed by atoms with Crippen LogP contribution in [0.3, 0.4) is 0 Å². The van der Waals surface area contributed by atoms with Crippen LogP contribution in [0, 0.1) is 12.8 Å². The van der Waals surface area contributed by atoms with E-state index in [0.717, 1.165) is 10.6 Å². The summed E-state index contributed by atoms with van der Waals surface area (Å²) in [7, 11) is -0.833. The van der Waals surface area contributed by atoms with Gasteiger partial charge in [0.2, 0.25) is 0 Å². The lowest BCUT2D eigenvalue weighted by Gasteiger charge is -2.26. The van der Waals surface area contributed by atoms with Crippen molar-refractivity contribution >= 4 is 22.4 Å². The summed E-state index contributed by atoms with van der Waals surface area (Å²) in [4.78, 5) is 0. The van der Waals surface area contributed by atoms with Gasteiger partial charge in [0.25, 0.3) is 0 Å². The predicted molar refractivity (Wildman–Crippen MR) is 86.5 cm³/mol. The maximum absolute atomic E-state index is 12.4. The summed E-state index contributed by atoms with van der Waals surface area (Å²) in [6.45, 7) is 12.5. The van der Waals surface area contributed by atoms with Gasteiger partial charge in [0.1, 0.15) is 0 Å². The molecule has 0 unspecified atom stereocenters. The van der Waals surface area contributed by atoms with Crippen molar-refractivity contribution in [1.82, 2.24) is 0 Å². The third-order valence-corrected chi connectivity index (χ3v) is 5.88. The Kier molecular flexibility index (Phi) is 5.64. The number of hydrogen-bond acceptors (Lipinski definition) is 1. The van der Waals surface area contributed by atoms with Crippen molar-refractivity contribution in [3.05, 3.63) is 34.3 Å². The first kappa shape index (κ1) is 16.7. The molecule has 0 aromatic heterocycles. The molecule has 0 aliphatic heterocycles. The molecule has 0 radical (unpaired) electrons. The van der Waals surface area contributed by atoms with Gasteiger partial charge in [0.05, 0.1) is 0 Å². The van der Waals surface area contributed by atoms with Crippen molar-refractivity contribution in [3.8, 4) is 0 Å². The highest BCUT2D eigenvalue weighted by molar-refractivity contribution is 7.86. The summed E-state index contributed by atoms with van der Waals surface area (Å²) in [5.74, 6) is 1.49. The van der Waals surface area contributed by atoms with E-state index in [9.17, 15) is 4.21 Å². The van der Waals surface area contributed by atoms with E-state index in [1.807, 2.05) is 33.8 Å². The highest BCUT2D eigenvalue weighted by atomic mass is 35.5. The lowest BCUT2D eigenvalue weighted by molar-refractivity contribution is 0.531. The summed E-state index contributed by atoms with van der Waals surface area (Å²) in [6, 6.07) is 6.15. The van der Waals surface area contributed by atoms with Gasteiger partial charge in [0, 0.05) is 26.3 Å². The van der Waals surface area contributed by atoms with Crippen molar-refractivity contribution in [2.45, 2.75) is 52.2 Å². The minimum absolute atomic E-state index is 0.158. The molecule has 19 heavy (non-hydrogen) atoms. The van der Waals surface area contributed by atoms with Gasteiger partial charge in [-0.05, 0) is 56.7 Å². The minimum atomic E-state index is -0.833. The molecule has 0 heterocycles. The number of benzene rings is 1. The third-order valence-electron chi connectivity index (χ3n) is 3.43. The smallest absolute Gasteiger partial charge is 0.0435 e. The molecule has 1 aromatic rings. The van der Waals surface area contributed by atoms with Gasteiger partial charge >= 0.3 is 0 Å². The Bertz CT molecular complexity index is 460. The topological polar surface area (TPSA) is 17.1 Å². The standard InChI is InChI=1S/C16H25ClOS/c1-11(2)14(10-19(18)16(4,5)6)13-7-8-15(17)12(3)9-13/h7-9,11,14H,10H2,1-6H3/t14-,19-/m1/s1. The first-order chi connectivity index (χ1) is 8.62. The van der Waals surface area contributed by atoms with E-state index in [0.29, 0.717) is 17.6 Å². The average Bonchev–Trinajstić information content (AvgIpc) is 2.27. The van der Waals surface area contributed by atoms with Gasteiger partial charge in [-0.3, -0.25) is 4.21 Å². The lowest BCUT2D eigenvalue weighted by atomic mass is 9.89. The minimum Gasteiger partial charge on any atom is -0.259 e. The first-order valence-electron chi connectivity index (χ1n) is 6.77. The molecule has 3 heteroatoms. The fourth-order valence-corrected chi connectivity index (χ4v) is 3.51. The molecule has 2 atom stereocenters. The summed E-state index contributed by atoms with van der Waals surface area (Å²) >= 11 is 6.08. The van der Waals surface area contributed by atoms with Crippen LogP contribution in [0.5, 0.6) is 0 Å². The summed E-state index contributed by atoms with van der Waals surface area (Å²) < 4.78 is 12.2. The number of hydrogen-bond donors (Lipinski definition) is 0. The van der Waals surface area contributed by atoms with Crippen molar-refractivity contribution in [1.29, 1.82) is 0 Å². The molecule has 0 spiro atoms. The van der Waals surface area contributed by atoms with Crippen LogP contribution in [-0.4, -0.2) is 14.7 Å². The van der Waals surface area contributed by atoms with Crippen molar-refractivity contribution < 1.29 is 4.21 Å². The van der Waals surface area contributed by atoms with E-state index in [-0.39, 0.29) is 4.75 Å². The molecule has 1 nitrogen and oxygen atoms in total. The Hall–Kier alpha value is -0.340. The van der Waals surface area contributed by atoms with Gasteiger partial charge in [0.15, 0.2) is 0 Å². The molecule has 0 amide bonds. The van der Waals surface area contributed by atoms with Crippen LogP contribution in [0.1, 0.15) is 51.7 Å². The Morgan fingerprint density at radius 2 is 1.84 bits per heavy atom. The Balaban J connectivity index is 3.01. The van der Waals surface area contributed by atoms with E-state index in [4.69, 9.17) is 11.6 Å². The predicted octanol–water partition coefficient (Wildman–Crippen LogP) is 4.94. The number of rotatable bonds is 4. The van der Waals surface area contributed by atoms with Gasteiger partial charge in [-0.1, -0.05) is 37.6 Å². The second kappa shape index (κ2) is 6.41. The van der Waals surface area contributed by atoms with Crippen LogP contribution >= 0.6 is 11.6 Å². The maximum atomic E-state index is 12.4. The Labute approximate surface area is 125 Å². The van der Waals surface area contributed by atoms with Crippen LogP contribution in [-0.2, 0) is 10.8 Å². The van der Waals surface area contributed by atoms with Crippen LogP contribution in [0.25, 0.3) is 0 Å². The molecule has 108 valence electrons. The molecule has 0 saturated carbocycles. The molecule has 0 aliphatic carbocycles. The van der Waals surface area contributed by atoms with Gasteiger partial charge in [-0.15, -0.1) is 0 Å². The highest BCUT2D eigenvalue weighted by Crippen LogP contribution is 2.30. The quantitative estimate of drug-likeness (QED) is 0.770. The van der Waals surface area contributed by atoms with Crippen molar-refractivity contribution in [3.63, 3.8) is 0 Å². The zero-order valence-corrected chi connectivity index (χ0v) is 14.4. The van der Waals surface area contributed by atoms with Crippen molar-refractivity contribution in [2.24, 2.45) is 5.92 Å². The summed E-state index contributed by atoms with van der Waals surface area (Å²) in [6.07, 6.45) is 0. The molecule has 0 saturated heterocycles. The van der Waals surface area contributed by atoms with E-state index in [2.05, 4.69) is 26.0 Å². The lowest BCUT2D eigenvalue weighted by Crippen LogP contribution is -2.28. The van der Waals surface area contributed by atoms with E-state index < -0.39 is 10.8 Å². The fourth-order valence-electron chi connectivity index (χ4n) is 1.99. The van der Waals surface area contributed by atoms with Crippen LogP contribution in [0.15, 0.2) is 18.2 Å². The van der Waals surface area contributed by atoms with E-state index in [1.165, 1.54) is 5.56 Å². The monoisotopic (exact) mass is 300 g/mol. The Morgan fingerprint density at radius 3 is 2.26 bits per heavy atom. The molecular weight excluding hydrogens is 276 g/mol. The van der Waals surface area contributed by atoms with Crippen molar-refractivity contribution in [2.75, 3.05) is 5.75 Å². The fraction of sp³-hybridized carbons (Fsp3) is 0.625. The largest absolute Gasteiger partial charge is 0.259 e. The van der Waals surface area contributed by atoms with Crippen LogP contribution < -0.4 is 0 Å². The zero-order chi connectivity index (χ0) is 14.8. The van der Waals surface area contributed by atoms with E-state index in [1.54, 1.807) is 0 Å². The molecule has 0 fully saturated rings. The van der Waals surface area contributed by atoms with Gasteiger partial charge in [-0.25, -0.2) is 0 Å². The zero-order valence-electron chi connectivity index (χ0n) is 12.8. The maximum Gasteiger partial charge on any atom is 0.0435 e. The highest BCUT2D eigenvalue weighted by Gasteiger charge is 2.26. The molecule has 0 aliphatic rings. The molecule has 0 N–H and O–H groups in total. The second-order valence-corrected chi connectivity index (χ2v) is 9.14. The molecule has 1 rings (SSSR count). The van der Waals surface area contributed by atoms with Crippen LogP contribution in [0.4, 0.5) is 0 Å². The molecule has 0 bridgehead atoms. The summed E-state index contributed by atoms with van der Waals surface area (Å²) in [5, 5.41) is 0.795. The average molecular weight is 301 g/mol. The second-order valence-electron chi connectivity index (χ2n) is 6.48. The molecular formula is C16H25ClOS. The normalized spacial score (nSPS) is 15.6. The third kappa shape index (κ3) is 4.61.